The highest BCUT2D eigenvalue weighted by molar-refractivity contribution is 7.13. The molecule has 4 rings (SSSR count). The number of aromatic amines is 1. The number of aromatic nitrogens is 3. The molecule has 0 bridgehead atoms. The van der Waals surface area contributed by atoms with E-state index in [1.54, 1.807) is 29.2 Å². The molecule has 4 aromatic rings. The van der Waals surface area contributed by atoms with E-state index in [1.807, 2.05) is 30.5 Å². The number of carbonyl (C=O) groups excluding carboxylic acids is 1. The molecule has 3 heterocycles. The molecule has 27 heavy (non-hydrogen) atoms. The Kier molecular flexibility index (Phi) is 4.55. The number of benzene rings is 1. The van der Waals surface area contributed by atoms with E-state index in [-0.39, 0.29) is 23.7 Å². The summed E-state index contributed by atoms with van der Waals surface area (Å²) in [6, 6.07) is 12.5. The fraction of sp³-hybridized carbons (Fsp3) is 0.158. The summed E-state index contributed by atoms with van der Waals surface area (Å²) in [5.41, 5.74) is 0.602. The smallest absolute Gasteiger partial charge is 0.276 e. The molecule has 7 nitrogen and oxygen atoms in total. The number of amides is 1. The molecule has 8 heteroatoms. The number of H-pyrrole nitrogens is 1. The van der Waals surface area contributed by atoms with Gasteiger partial charge in [-0.05, 0) is 30.5 Å². The fourth-order valence-electron chi connectivity index (χ4n) is 2.79. The van der Waals surface area contributed by atoms with Gasteiger partial charge in [0.1, 0.15) is 5.82 Å². The second-order valence-corrected chi connectivity index (χ2v) is 6.85. The lowest BCUT2D eigenvalue weighted by molar-refractivity contribution is 0.0738. The van der Waals surface area contributed by atoms with Gasteiger partial charge in [-0.1, -0.05) is 23.4 Å². The Balaban J connectivity index is 1.59. The molecule has 0 aliphatic rings. The predicted octanol–water partition coefficient (Wildman–Crippen LogP) is 3.30. The lowest BCUT2D eigenvalue weighted by Crippen LogP contribution is -2.32. The van der Waals surface area contributed by atoms with Crippen molar-refractivity contribution in [2.45, 2.75) is 13.5 Å². The molecule has 136 valence electrons. The average molecular weight is 380 g/mol. The molecular weight excluding hydrogens is 364 g/mol. The van der Waals surface area contributed by atoms with Gasteiger partial charge in [0.25, 0.3) is 11.5 Å². The van der Waals surface area contributed by atoms with Gasteiger partial charge in [0.2, 0.25) is 0 Å². The monoisotopic (exact) mass is 380 g/mol. The van der Waals surface area contributed by atoms with Crippen molar-refractivity contribution in [2.75, 3.05) is 6.54 Å². The van der Waals surface area contributed by atoms with Crippen LogP contribution < -0.4 is 5.56 Å². The largest absolute Gasteiger partial charge is 0.355 e. The molecule has 1 amide bonds. The van der Waals surface area contributed by atoms with Crippen LogP contribution >= 0.6 is 11.3 Å². The van der Waals surface area contributed by atoms with Gasteiger partial charge >= 0.3 is 0 Å². The van der Waals surface area contributed by atoms with Crippen molar-refractivity contribution in [3.63, 3.8) is 0 Å². The second kappa shape index (κ2) is 7.16. The number of rotatable bonds is 5. The standard InChI is InChI=1S/C19H16N4O3S/c1-2-23(11-17-20-13-7-4-3-6-12(13)18(24)21-17)19(25)14-10-15(26-22-14)16-8-5-9-27-16/h3-10H,2,11H2,1H3,(H,20,21,24). The Bertz CT molecular complexity index is 1150. The first-order valence-electron chi connectivity index (χ1n) is 8.43. The normalized spacial score (nSPS) is 11.0. The minimum atomic E-state index is -0.278. The highest BCUT2D eigenvalue weighted by Crippen LogP contribution is 2.25. The molecule has 0 saturated carbocycles. The van der Waals surface area contributed by atoms with Crippen molar-refractivity contribution in [2.24, 2.45) is 0 Å². The van der Waals surface area contributed by atoms with Crippen molar-refractivity contribution in [1.29, 1.82) is 0 Å². The minimum absolute atomic E-state index is 0.177. The molecule has 0 aliphatic carbocycles. The van der Waals surface area contributed by atoms with Crippen molar-refractivity contribution >= 4 is 28.1 Å². The van der Waals surface area contributed by atoms with Crippen molar-refractivity contribution in [1.82, 2.24) is 20.0 Å². The van der Waals surface area contributed by atoms with Gasteiger partial charge in [-0.3, -0.25) is 9.59 Å². The van der Waals surface area contributed by atoms with E-state index in [2.05, 4.69) is 15.1 Å². The molecule has 0 atom stereocenters. The summed E-state index contributed by atoms with van der Waals surface area (Å²) in [5.74, 6) is 0.706. The van der Waals surface area contributed by atoms with Crippen LogP contribution in [0, 0.1) is 0 Å². The number of para-hydroxylation sites is 1. The van der Waals surface area contributed by atoms with Gasteiger partial charge in [-0.15, -0.1) is 11.3 Å². The summed E-state index contributed by atoms with van der Waals surface area (Å²) in [5, 5.41) is 6.35. The molecule has 0 radical (unpaired) electrons. The number of fused-ring (bicyclic) bond motifs is 1. The molecular formula is C19H16N4O3S. The third-order valence-corrected chi connectivity index (χ3v) is 5.05. The Hall–Kier alpha value is -3.26. The zero-order chi connectivity index (χ0) is 18.8. The Morgan fingerprint density at radius 1 is 1.26 bits per heavy atom. The summed E-state index contributed by atoms with van der Waals surface area (Å²) in [6.45, 7) is 2.48. The first kappa shape index (κ1) is 17.2. The fourth-order valence-corrected chi connectivity index (χ4v) is 3.46. The number of hydrogen-bond donors (Lipinski definition) is 1. The number of carbonyl (C=O) groups is 1. The van der Waals surface area contributed by atoms with Crippen LogP contribution in [0.3, 0.4) is 0 Å². The summed E-state index contributed by atoms with van der Waals surface area (Å²) in [7, 11) is 0. The van der Waals surface area contributed by atoms with Crippen LogP contribution in [-0.4, -0.2) is 32.5 Å². The number of hydrogen-bond acceptors (Lipinski definition) is 6. The summed E-state index contributed by atoms with van der Waals surface area (Å²) in [6.07, 6.45) is 0. The zero-order valence-corrected chi connectivity index (χ0v) is 15.3. The van der Waals surface area contributed by atoms with E-state index in [0.29, 0.717) is 29.0 Å². The van der Waals surface area contributed by atoms with E-state index in [9.17, 15) is 9.59 Å². The highest BCUT2D eigenvalue weighted by atomic mass is 32.1. The molecule has 0 saturated heterocycles. The summed E-state index contributed by atoms with van der Waals surface area (Å²) < 4.78 is 5.29. The first-order chi connectivity index (χ1) is 13.2. The van der Waals surface area contributed by atoms with Crippen LogP contribution in [0.5, 0.6) is 0 Å². The van der Waals surface area contributed by atoms with Gasteiger partial charge in [-0.25, -0.2) is 4.98 Å². The van der Waals surface area contributed by atoms with E-state index in [4.69, 9.17) is 4.52 Å². The topological polar surface area (TPSA) is 92.1 Å². The quantitative estimate of drug-likeness (QED) is 0.573. The number of thiophene rings is 1. The van der Waals surface area contributed by atoms with Crippen LogP contribution in [0.25, 0.3) is 21.5 Å². The molecule has 0 unspecified atom stereocenters. The number of nitrogens with zero attached hydrogens (tertiary/aromatic N) is 3. The SMILES string of the molecule is CCN(Cc1nc2ccccc2c(=O)[nH]1)C(=O)c1cc(-c2cccs2)on1. The van der Waals surface area contributed by atoms with Gasteiger partial charge in [0.05, 0.1) is 22.3 Å². The maximum atomic E-state index is 12.8. The maximum Gasteiger partial charge on any atom is 0.276 e. The highest BCUT2D eigenvalue weighted by Gasteiger charge is 2.21. The summed E-state index contributed by atoms with van der Waals surface area (Å²) in [4.78, 5) is 34.7. The molecule has 1 N–H and O–H groups in total. The maximum absolute atomic E-state index is 12.8. The second-order valence-electron chi connectivity index (χ2n) is 5.90. The van der Waals surface area contributed by atoms with Crippen LogP contribution in [0.4, 0.5) is 0 Å². The Morgan fingerprint density at radius 3 is 2.89 bits per heavy atom. The van der Waals surface area contributed by atoms with E-state index < -0.39 is 0 Å². The first-order valence-corrected chi connectivity index (χ1v) is 9.31. The van der Waals surface area contributed by atoms with Crippen molar-refractivity contribution < 1.29 is 9.32 Å². The average Bonchev–Trinajstić information content (AvgIpc) is 3.37. The molecule has 0 aliphatic heterocycles. The van der Waals surface area contributed by atoms with E-state index in [0.717, 1.165) is 4.88 Å². The third kappa shape index (κ3) is 3.39. The van der Waals surface area contributed by atoms with Gasteiger partial charge < -0.3 is 14.4 Å². The van der Waals surface area contributed by atoms with Crippen molar-refractivity contribution in [3.05, 3.63) is 69.7 Å². The summed E-state index contributed by atoms with van der Waals surface area (Å²) >= 11 is 1.51. The van der Waals surface area contributed by atoms with E-state index >= 15 is 0 Å². The minimum Gasteiger partial charge on any atom is -0.355 e. The third-order valence-electron chi connectivity index (χ3n) is 4.16. The molecule has 1 aromatic carbocycles. The van der Waals surface area contributed by atoms with Crippen LogP contribution in [0.1, 0.15) is 23.2 Å². The number of nitrogens with one attached hydrogen (secondary N) is 1. The van der Waals surface area contributed by atoms with Crippen LogP contribution in [0.2, 0.25) is 0 Å². The molecule has 0 fully saturated rings. The Labute approximate surface area is 158 Å². The molecule has 0 spiro atoms. The lowest BCUT2D eigenvalue weighted by Gasteiger charge is -2.18. The van der Waals surface area contributed by atoms with Crippen LogP contribution in [0.15, 0.2) is 57.2 Å². The lowest BCUT2D eigenvalue weighted by atomic mass is 10.2. The van der Waals surface area contributed by atoms with Crippen molar-refractivity contribution in [3.8, 4) is 10.6 Å². The molecule has 3 aromatic heterocycles. The van der Waals surface area contributed by atoms with Gasteiger partial charge in [0.15, 0.2) is 11.5 Å². The predicted molar refractivity (Wildman–Crippen MR) is 103 cm³/mol. The van der Waals surface area contributed by atoms with Gasteiger partial charge in [0, 0.05) is 12.6 Å². The zero-order valence-electron chi connectivity index (χ0n) is 14.5. The van der Waals surface area contributed by atoms with Crippen LogP contribution in [-0.2, 0) is 6.54 Å². The Morgan fingerprint density at radius 2 is 2.11 bits per heavy atom. The van der Waals surface area contributed by atoms with E-state index in [1.165, 1.54) is 11.3 Å². The van der Waals surface area contributed by atoms with Gasteiger partial charge in [-0.2, -0.15) is 0 Å².